The van der Waals surface area contributed by atoms with Gasteiger partial charge in [-0.15, -0.1) is 0 Å². The van der Waals surface area contributed by atoms with Gasteiger partial charge in [0.15, 0.2) is 0 Å². The molecule has 0 aromatic carbocycles. The zero-order chi connectivity index (χ0) is 8.40. The highest BCUT2D eigenvalue weighted by atomic mass is 14.7. The number of hydrogen-bond donors (Lipinski definition) is 0. The van der Waals surface area contributed by atoms with Gasteiger partial charge in [0, 0.05) is 0 Å². The summed E-state index contributed by atoms with van der Waals surface area (Å²) in [5, 5.41) is 0. The van der Waals surface area contributed by atoms with E-state index in [0.29, 0.717) is 0 Å². The molecule has 0 saturated heterocycles. The van der Waals surface area contributed by atoms with Gasteiger partial charge >= 0.3 is 0 Å². The van der Waals surface area contributed by atoms with Crippen molar-refractivity contribution >= 4 is 0 Å². The van der Waals surface area contributed by atoms with Gasteiger partial charge in [-0.05, 0) is 54.8 Å². The first-order valence-corrected chi connectivity index (χ1v) is 5.67. The second-order valence-electron chi connectivity index (χ2n) is 5.90. The van der Waals surface area contributed by atoms with E-state index in [0.717, 1.165) is 22.7 Å². The van der Waals surface area contributed by atoms with Crippen LogP contribution in [0.5, 0.6) is 0 Å². The van der Waals surface area contributed by atoms with E-state index in [1.807, 2.05) is 0 Å². The summed E-state index contributed by atoms with van der Waals surface area (Å²) in [6.45, 7) is 5.17. The molecule has 0 aromatic rings. The Morgan fingerprint density at radius 2 is 1.42 bits per heavy atom. The summed E-state index contributed by atoms with van der Waals surface area (Å²) in [6.07, 6.45) is 9.26. The van der Waals surface area contributed by atoms with Crippen LogP contribution in [0.15, 0.2) is 0 Å². The highest BCUT2D eigenvalue weighted by Crippen LogP contribution is 2.72. The standard InChI is InChI=1S/C12H20/c1-11-6-3-7-12(11,2)10-5-4-9(11)8-10/h9-10H,3-8H2,1-2H3. The van der Waals surface area contributed by atoms with Gasteiger partial charge in [0.25, 0.3) is 0 Å². The molecule has 0 radical (unpaired) electrons. The van der Waals surface area contributed by atoms with Crippen molar-refractivity contribution in [3.8, 4) is 0 Å². The average Bonchev–Trinajstić information content (AvgIpc) is 2.61. The molecule has 0 spiro atoms. The van der Waals surface area contributed by atoms with Crippen LogP contribution >= 0.6 is 0 Å². The Kier molecular flexibility index (Phi) is 1.18. The Balaban J connectivity index is 2.08. The summed E-state index contributed by atoms with van der Waals surface area (Å²) in [6, 6.07) is 0. The molecule has 0 amide bonds. The van der Waals surface area contributed by atoms with Crippen LogP contribution in [0.25, 0.3) is 0 Å². The summed E-state index contributed by atoms with van der Waals surface area (Å²) < 4.78 is 0. The molecule has 3 aliphatic rings. The summed E-state index contributed by atoms with van der Waals surface area (Å²) in [5.74, 6) is 2.21. The summed E-state index contributed by atoms with van der Waals surface area (Å²) in [4.78, 5) is 0. The van der Waals surface area contributed by atoms with E-state index < -0.39 is 0 Å². The van der Waals surface area contributed by atoms with Crippen LogP contribution in [-0.4, -0.2) is 0 Å². The molecule has 0 N–H and O–H groups in total. The van der Waals surface area contributed by atoms with E-state index in [1.165, 1.54) is 19.3 Å². The van der Waals surface area contributed by atoms with Crippen molar-refractivity contribution in [2.75, 3.05) is 0 Å². The van der Waals surface area contributed by atoms with Crippen molar-refractivity contribution < 1.29 is 0 Å². The molecule has 68 valence electrons. The van der Waals surface area contributed by atoms with Crippen LogP contribution in [0, 0.1) is 22.7 Å². The lowest BCUT2D eigenvalue weighted by atomic mass is 9.60. The van der Waals surface area contributed by atoms with E-state index in [9.17, 15) is 0 Å². The van der Waals surface area contributed by atoms with Crippen molar-refractivity contribution in [3.05, 3.63) is 0 Å². The number of hydrogen-bond acceptors (Lipinski definition) is 0. The molecule has 12 heavy (non-hydrogen) atoms. The van der Waals surface area contributed by atoms with E-state index >= 15 is 0 Å². The van der Waals surface area contributed by atoms with Gasteiger partial charge < -0.3 is 0 Å². The maximum atomic E-state index is 2.59. The first-order chi connectivity index (χ1) is 5.67. The van der Waals surface area contributed by atoms with Gasteiger partial charge in [-0.25, -0.2) is 0 Å². The van der Waals surface area contributed by atoms with Gasteiger partial charge in [-0.2, -0.15) is 0 Å². The van der Waals surface area contributed by atoms with Crippen molar-refractivity contribution in [1.29, 1.82) is 0 Å². The monoisotopic (exact) mass is 164 g/mol. The highest BCUT2D eigenvalue weighted by Gasteiger charge is 2.63. The van der Waals surface area contributed by atoms with Crippen molar-refractivity contribution in [2.24, 2.45) is 22.7 Å². The summed E-state index contributed by atoms with van der Waals surface area (Å²) >= 11 is 0. The Morgan fingerprint density at radius 3 is 1.92 bits per heavy atom. The second kappa shape index (κ2) is 1.91. The van der Waals surface area contributed by atoms with Crippen LogP contribution in [-0.2, 0) is 0 Å². The van der Waals surface area contributed by atoms with E-state index in [1.54, 1.807) is 19.3 Å². The maximum absolute atomic E-state index is 2.59. The van der Waals surface area contributed by atoms with Gasteiger partial charge in [0.2, 0.25) is 0 Å². The van der Waals surface area contributed by atoms with Crippen molar-refractivity contribution in [2.45, 2.75) is 52.4 Å². The van der Waals surface area contributed by atoms with E-state index in [4.69, 9.17) is 0 Å². The highest BCUT2D eigenvalue weighted by molar-refractivity contribution is 5.13. The predicted octanol–water partition coefficient (Wildman–Crippen LogP) is 3.61. The Hall–Kier alpha value is 0. The molecular weight excluding hydrogens is 144 g/mol. The lowest BCUT2D eigenvalue weighted by Crippen LogP contribution is -2.37. The van der Waals surface area contributed by atoms with Crippen LogP contribution in [0.3, 0.4) is 0 Å². The number of rotatable bonds is 0. The van der Waals surface area contributed by atoms with E-state index in [-0.39, 0.29) is 0 Å². The largest absolute Gasteiger partial charge is 0.0588 e. The van der Waals surface area contributed by atoms with E-state index in [2.05, 4.69) is 13.8 Å². The molecule has 2 bridgehead atoms. The minimum atomic E-state index is 0.760. The molecule has 3 rings (SSSR count). The van der Waals surface area contributed by atoms with Gasteiger partial charge in [0.05, 0.1) is 0 Å². The normalized spacial score (nSPS) is 62.5. The maximum Gasteiger partial charge on any atom is -0.0241 e. The third-order valence-electron chi connectivity index (χ3n) is 5.93. The van der Waals surface area contributed by atoms with Crippen molar-refractivity contribution in [1.82, 2.24) is 0 Å². The SMILES string of the molecule is CC12CCCC1(C)C1CCC2C1. The van der Waals surface area contributed by atoms with Crippen LogP contribution in [0.1, 0.15) is 52.4 Å². The Labute approximate surface area is 75.7 Å². The predicted molar refractivity (Wildman–Crippen MR) is 50.9 cm³/mol. The minimum absolute atomic E-state index is 0.760. The third-order valence-corrected chi connectivity index (χ3v) is 5.93. The van der Waals surface area contributed by atoms with Crippen molar-refractivity contribution in [3.63, 3.8) is 0 Å². The molecule has 3 fully saturated rings. The van der Waals surface area contributed by atoms with Gasteiger partial charge in [-0.3, -0.25) is 0 Å². The Morgan fingerprint density at radius 1 is 0.917 bits per heavy atom. The molecular formula is C12H20. The zero-order valence-electron chi connectivity index (χ0n) is 8.40. The van der Waals surface area contributed by atoms with Gasteiger partial charge in [-0.1, -0.05) is 20.3 Å². The summed E-state index contributed by atoms with van der Waals surface area (Å²) in [5.41, 5.74) is 1.52. The molecule has 3 aliphatic carbocycles. The lowest BCUT2D eigenvalue weighted by molar-refractivity contribution is 0.0392. The molecule has 4 unspecified atom stereocenters. The molecule has 4 atom stereocenters. The molecule has 0 aliphatic heterocycles. The topological polar surface area (TPSA) is 0 Å². The fourth-order valence-corrected chi connectivity index (χ4v) is 4.87. The van der Waals surface area contributed by atoms with Crippen LogP contribution < -0.4 is 0 Å². The third kappa shape index (κ3) is 0.561. The zero-order valence-corrected chi connectivity index (χ0v) is 8.40. The van der Waals surface area contributed by atoms with Crippen LogP contribution in [0.2, 0.25) is 0 Å². The first kappa shape index (κ1) is 7.41. The van der Waals surface area contributed by atoms with Gasteiger partial charge in [0.1, 0.15) is 0 Å². The lowest BCUT2D eigenvalue weighted by Gasteiger charge is -2.45. The smallest absolute Gasteiger partial charge is 0.0241 e. The molecule has 0 nitrogen and oxygen atoms in total. The average molecular weight is 164 g/mol. The Bertz CT molecular complexity index is 198. The molecule has 0 heterocycles. The molecule has 0 aromatic heterocycles. The number of fused-ring (bicyclic) bond motifs is 5. The fourth-order valence-electron chi connectivity index (χ4n) is 4.87. The fraction of sp³-hybridized carbons (Fsp3) is 1.00. The summed E-state index contributed by atoms with van der Waals surface area (Å²) in [7, 11) is 0. The van der Waals surface area contributed by atoms with Crippen LogP contribution in [0.4, 0.5) is 0 Å². The quantitative estimate of drug-likeness (QED) is 0.513. The first-order valence-electron chi connectivity index (χ1n) is 5.67. The second-order valence-corrected chi connectivity index (χ2v) is 5.90. The minimum Gasteiger partial charge on any atom is -0.0588 e. The molecule has 0 heteroatoms. The molecule has 3 saturated carbocycles.